The summed E-state index contributed by atoms with van der Waals surface area (Å²) in [6.07, 6.45) is 1.39. The van der Waals surface area contributed by atoms with Crippen LogP contribution in [0.4, 0.5) is 4.79 Å². The van der Waals surface area contributed by atoms with Gasteiger partial charge in [0.05, 0.1) is 24.5 Å². The molecule has 0 spiro atoms. The molecule has 0 aliphatic carbocycles. The van der Waals surface area contributed by atoms with Crippen molar-refractivity contribution >= 4 is 11.6 Å². The lowest BCUT2D eigenvalue weighted by atomic mass is 10.1. The smallest absolute Gasteiger partial charge is 0.409 e. The third-order valence-corrected chi connectivity index (χ3v) is 6.12. The number of aromatic nitrogens is 4. The summed E-state index contributed by atoms with van der Waals surface area (Å²) in [5.74, 6) is 1.90. The Kier molecular flexibility index (Phi) is 7.70. The number of nitrogens with one attached hydrogen (secondary N) is 1. The van der Waals surface area contributed by atoms with Crippen molar-refractivity contribution in [3.8, 4) is 17.1 Å². The molecule has 0 atom stereocenters. The maximum absolute atomic E-state index is 13.0. The van der Waals surface area contributed by atoms with Crippen molar-refractivity contribution in [2.24, 2.45) is 0 Å². The number of piperazine rings is 1. The molecule has 1 fully saturated rings. The number of benzene rings is 1. The van der Waals surface area contributed by atoms with Crippen LogP contribution < -0.4 is 10.3 Å². The number of imidazole rings is 1. The van der Waals surface area contributed by atoms with Crippen LogP contribution in [-0.4, -0.2) is 74.9 Å². The highest BCUT2D eigenvalue weighted by Crippen LogP contribution is 2.29. The van der Waals surface area contributed by atoms with E-state index in [9.17, 15) is 9.59 Å². The van der Waals surface area contributed by atoms with Crippen LogP contribution in [0.25, 0.3) is 16.9 Å². The Morgan fingerprint density at radius 1 is 1.11 bits per heavy atom. The Balaban J connectivity index is 1.62. The molecule has 0 unspecified atom stereocenters. The number of nitrogens with zero attached hydrogens (tertiary/aromatic N) is 5. The summed E-state index contributed by atoms with van der Waals surface area (Å²) in [7, 11) is 0. The highest BCUT2D eigenvalue weighted by Gasteiger charge is 2.23. The highest BCUT2D eigenvalue weighted by atomic mass is 16.6. The molecule has 0 bridgehead atoms. The molecule has 2 aromatic heterocycles. The van der Waals surface area contributed by atoms with Crippen LogP contribution in [0.1, 0.15) is 44.3 Å². The zero-order valence-electron chi connectivity index (χ0n) is 21.0. The number of rotatable bonds is 8. The molecule has 10 heteroatoms. The van der Waals surface area contributed by atoms with E-state index < -0.39 is 0 Å². The minimum absolute atomic E-state index is 0.217. The van der Waals surface area contributed by atoms with Crippen LogP contribution >= 0.6 is 0 Å². The number of aryl methyl sites for hydroxylation is 2. The molecule has 3 heterocycles. The van der Waals surface area contributed by atoms with Gasteiger partial charge in [-0.1, -0.05) is 13.0 Å². The second kappa shape index (κ2) is 10.9. The van der Waals surface area contributed by atoms with Crippen molar-refractivity contribution in [1.82, 2.24) is 29.4 Å². The Hall–Kier alpha value is -3.40. The summed E-state index contributed by atoms with van der Waals surface area (Å²) in [5, 5.41) is 4.77. The normalized spacial score (nSPS) is 14.5. The third-order valence-electron chi connectivity index (χ3n) is 6.12. The topological polar surface area (TPSA) is 105 Å². The largest absolute Gasteiger partial charge is 0.493 e. The van der Waals surface area contributed by atoms with E-state index in [2.05, 4.69) is 21.8 Å². The summed E-state index contributed by atoms with van der Waals surface area (Å²) in [4.78, 5) is 36.5. The van der Waals surface area contributed by atoms with Crippen LogP contribution in [0.2, 0.25) is 0 Å². The lowest BCUT2D eigenvalue weighted by molar-refractivity contribution is 0.0778. The van der Waals surface area contributed by atoms with E-state index in [1.165, 1.54) is 0 Å². The third kappa shape index (κ3) is 5.32. The van der Waals surface area contributed by atoms with Gasteiger partial charge in [0, 0.05) is 39.1 Å². The summed E-state index contributed by atoms with van der Waals surface area (Å²) < 4.78 is 12.7. The Bertz CT molecular complexity index is 1240. The van der Waals surface area contributed by atoms with Crippen molar-refractivity contribution in [1.29, 1.82) is 0 Å². The van der Waals surface area contributed by atoms with Gasteiger partial charge in [0.2, 0.25) is 0 Å². The molecule has 0 saturated carbocycles. The number of hydrogen-bond acceptors (Lipinski definition) is 7. The molecule has 1 amide bonds. The van der Waals surface area contributed by atoms with Crippen molar-refractivity contribution in [2.75, 3.05) is 39.4 Å². The van der Waals surface area contributed by atoms with Crippen molar-refractivity contribution < 1.29 is 14.3 Å². The summed E-state index contributed by atoms with van der Waals surface area (Å²) in [6.45, 7) is 12.0. The van der Waals surface area contributed by atoms with Gasteiger partial charge in [-0.3, -0.25) is 9.69 Å². The fourth-order valence-electron chi connectivity index (χ4n) is 4.45. The number of carbonyl (C=O) groups excluding carboxylic acids is 1. The molecular formula is C25H34N6O4. The predicted octanol–water partition coefficient (Wildman–Crippen LogP) is 3.02. The number of aromatic amines is 1. The monoisotopic (exact) mass is 482 g/mol. The fourth-order valence-corrected chi connectivity index (χ4v) is 4.45. The quantitative estimate of drug-likeness (QED) is 0.526. The van der Waals surface area contributed by atoms with Crippen LogP contribution in [0.3, 0.4) is 0 Å². The number of hydrogen-bond donors (Lipinski definition) is 1. The molecule has 35 heavy (non-hydrogen) atoms. The van der Waals surface area contributed by atoms with Gasteiger partial charge in [0.15, 0.2) is 11.3 Å². The molecular weight excluding hydrogens is 448 g/mol. The fraction of sp³-hybridized carbons (Fsp3) is 0.520. The molecule has 4 rings (SSSR count). The second-order valence-corrected chi connectivity index (χ2v) is 8.65. The highest BCUT2D eigenvalue weighted by molar-refractivity contribution is 5.68. The molecule has 0 radical (unpaired) electrons. The number of carbonyl (C=O) groups is 1. The van der Waals surface area contributed by atoms with E-state index in [0.717, 1.165) is 42.9 Å². The molecule has 1 aliphatic rings. The van der Waals surface area contributed by atoms with Gasteiger partial charge in [-0.05, 0) is 44.9 Å². The molecule has 1 saturated heterocycles. The van der Waals surface area contributed by atoms with Gasteiger partial charge in [-0.25, -0.2) is 14.3 Å². The van der Waals surface area contributed by atoms with E-state index in [1.54, 1.807) is 9.42 Å². The lowest BCUT2D eigenvalue weighted by Crippen LogP contribution is -2.48. The van der Waals surface area contributed by atoms with Gasteiger partial charge in [0.25, 0.3) is 5.56 Å². The minimum Gasteiger partial charge on any atom is -0.493 e. The zero-order chi connectivity index (χ0) is 24.9. The molecule has 1 N–H and O–H groups in total. The maximum Gasteiger partial charge on any atom is 0.409 e. The van der Waals surface area contributed by atoms with E-state index >= 15 is 0 Å². The molecule has 188 valence electrons. The average Bonchev–Trinajstić information content (AvgIpc) is 3.16. The van der Waals surface area contributed by atoms with E-state index in [1.807, 2.05) is 39.0 Å². The zero-order valence-corrected chi connectivity index (χ0v) is 21.0. The van der Waals surface area contributed by atoms with Crippen molar-refractivity contribution in [2.45, 2.75) is 47.1 Å². The number of amides is 1. The minimum atomic E-state index is -0.252. The van der Waals surface area contributed by atoms with E-state index in [0.29, 0.717) is 55.6 Å². The van der Waals surface area contributed by atoms with Crippen LogP contribution in [0.15, 0.2) is 23.0 Å². The summed E-state index contributed by atoms with van der Waals surface area (Å²) in [5.41, 5.74) is 2.75. The van der Waals surface area contributed by atoms with Gasteiger partial charge < -0.3 is 19.4 Å². The van der Waals surface area contributed by atoms with Gasteiger partial charge in [-0.2, -0.15) is 0 Å². The first-order valence-electron chi connectivity index (χ1n) is 12.3. The maximum atomic E-state index is 13.0. The number of ether oxygens (including phenoxy) is 2. The van der Waals surface area contributed by atoms with E-state index in [4.69, 9.17) is 14.6 Å². The van der Waals surface area contributed by atoms with Crippen LogP contribution in [-0.2, 0) is 17.7 Å². The Labute approximate surface area is 204 Å². The molecule has 3 aromatic rings. The molecule has 1 aromatic carbocycles. The summed E-state index contributed by atoms with van der Waals surface area (Å²) in [6, 6.07) is 5.99. The standard InChI is InChI=1S/C25H34N6O4/c1-5-8-21-26-17(4)22-24(32)27-23(28-31(21)22)19-15-18(9-10-20(19)34-6-2)16-29-11-13-30(14-12-29)25(33)35-7-3/h9-10,15H,5-8,11-14,16H2,1-4H3,(H,27,28,32). The van der Waals surface area contributed by atoms with Crippen LogP contribution in [0, 0.1) is 6.92 Å². The van der Waals surface area contributed by atoms with Gasteiger partial charge in [-0.15, -0.1) is 5.10 Å². The predicted molar refractivity (Wildman–Crippen MR) is 133 cm³/mol. The molecule has 1 aliphatic heterocycles. The van der Waals surface area contributed by atoms with Crippen molar-refractivity contribution in [3.05, 3.63) is 45.6 Å². The first-order valence-corrected chi connectivity index (χ1v) is 12.3. The average molecular weight is 483 g/mol. The van der Waals surface area contributed by atoms with E-state index in [-0.39, 0.29) is 11.7 Å². The lowest BCUT2D eigenvalue weighted by Gasteiger charge is -2.34. The Morgan fingerprint density at radius 3 is 2.57 bits per heavy atom. The second-order valence-electron chi connectivity index (χ2n) is 8.65. The van der Waals surface area contributed by atoms with Gasteiger partial charge >= 0.3 is 6.09 Å². The first-order chi connectivity index (χ1) is 16.9. The summed E-state index contributed by atoms with van der Waals surface area (Å²) >= 11 is 0. The SMILES string of the molecule is CCCc1nc(C)c2c(=O)[nH]c(-c3cc(CN4CCN(C(=O)OCC)CC4)ccc3OCC)nn12. The van der Waals surface area contributed by atoms with Crippen LogP contribution in [0.5, 0.6) is 5.75 Å². The molecule has 10 nitrogen and oxygen atoms in total. The number of fused-ring (bicyclic) bond motifs is 1. The number of H-pyrrole nitrogens is 1. The van der Waals surface area contributed by atoms with Gasteiger partial charge in [0.1, 0.15) is 11.6 Å². The first kappa shape index (κ1) is 24.7. The Morgan fingerprint density at radius 2 is 1.89 bits per heavy atom. The van der Waals surface area contributed by atoms with Crippen molar-refractivity contribution in [3.63, 3.8) is 0 Å².